The average Bonchev–Trinajstić information content (AvgIpc) is 2.28. The lowest BCUT2D eigenvalue weighted by Crippen LogP contribution is -2.29. The van der Waals surface area contributed by atoms with Crippen molar-refractivity contribution in [1.29, 1.82) is 0 Å². The van der Waals surface area contributed by atoms with Crippen molar-refractivity contribution in [3.05, 3.63) is 35.9 Å². The average molecular weight is 203 g/mol. The molecule has 0 amide bonds. The van der Waals surface area contributed by atoms with Gasteiger partial charge in [-0.15, -0.1) is 4.39 Å². The third-order valence-electron chi connectivity index (χ3n) is 1.79. The molecule has 74 valence electrons. The Labute approximate surface area is 86.3 Å². The summed E-state index contributed by atoms with van der Waals surface area (Å²) in [7, 11) is 0. The van der Waals surface area contributed by atoms with E-state index in [9.17, 15) is 4.39 Å². The second-order valence-corrected chi connectivity index (χ2v) is 2.87. The van der Waals surface area contributed by atoms with E-state index >= 15 is 0 Å². The number of nitrogens with one attached hydrogen (secondary N) is 1. The number of rotatable bonds is 2. The molecular formula is C10H8FN4+. The SMILES string of the molecule is FC1=N[C]=[N+]C(NCc2ccccc2)=N1. The Morgan fingerprint density at radius 2 is 2.13 bits per heavy atom. The number of hydrogen-bond acceptors (Lipinski definition) is 4. The van der Waals surface area contributed by atoms with Crippen molar-refractivity contribution in [2.45, 2.75) is 6.54 Å². The van der Waals surface area contributed by atoms with E-state index in [-0.39, 0.29) is 5.96 Å². The molecule has 0 spiro atoms. The molecule has 1 aliphatic rings. The third-order valence-corrected chi connectivity index (χ3v) is 1.79. The van der Waals surface area contributed by atoms with Crippen LogP contribution in [0.2, 0.25) is 0 Å². The minimum absolute atomic E-state index is 0.186. The molecule has 5 heteroatoms. The quantitative estimate of drug-likeness (QED) is 0.707. The third kappa shape index (κ3) is 2.70. The van der Waals surface area contributed by atoms with Crippen LogP contribution in [0.1, 0.15) is 5.56 Å². The second kappa shape index (κ2) is 4.45. The van der Waals surface area contributed by atoms with Crippen LogP contribution in [0.5, 0.6) is 0 Å². The maximum Gasteiger partial charge on any atom is 0.426 e. The minimum Gasteiger partial charge on any atom is -0.288 e. The van der Waals surface area contributed by atoms with Gasteiger partial charge in [-0.05, 0) is 10.6 Å². The fraction of sp³-hybridized carbons (Fsp3) is 0.100. The molecule has 1 aromatic rings. The zero-order valence-electron chi connectivity index (χ0n) is 7.81. The Bertz CT molecular complexity index is 422. The number of benzene rings is 1. The summed E-state index contributed by atoms with van der Waals surface area (Å²) in [6.07, 6.45) is 1.33. The molecule has 0 aliphatic carbocycles. The van der Waals surface area contributed by atoms with E-state index in [0.717, 1.165) is 5.56 Å². The van der Waals surface area contributed by atoms with Gasteiger partial charge in [0, 0.05) is 0 Å². The summed E-state index contributed by atoms with van der Waals surface area (Å²) in [5, 5.41) is 2.87. The van der Waals surface area contributed by atoms with E-state index in [2.05, 4.69) is 26.6 Å². The lowest BCUT2D eigenvalue weighted by atomic mass is 10.2. The first-order valence-corrected chi connectivity index (χ1v) is 4.40. The van der Waals surface area contributed by atoms with Gasteiger partial charge in [0.05, 0.1) is 6.54 Å². The van der Waals surface area contributed by atoms with Crippen molar-refractivity contribution in [2.24, 2.45) is 9.98 Å². The van der Waals surface area contributed by atoms with Crippen molar-refractivity contribution in [2.75, 3.05) is 0 Å². The minimum atomic E-state index is -0.833. The van der Waals surface area contributed by atoms with Crippen LogP contribution in [0.3, 0.4) is 0 Å². The summed E-state index contributed by atoms with van der Waals surface area (Å²) in [4.78, 5) is 10.3. The molecule has 0 unspecified atom stereocenters. The monoisotopic (exact) mass is 203 g/mol. The predicted octanol–water partition coefficient (Wildman–Crippen LogP) is 0.712. The van der Waals surface area contributed by atoms with Crippen LogP contribution in [0, 0.1) is 0 Å². The molecule has 1 heterocycles. The van der Waals surface area contributed by atoms with Gasteiger partial charge >= 0.3 is 18.4 Å². The van der Waals surface area contributed by atoms with Gasteiger partial charge in [0.2, 0.25) is 0 Å². The molecule has 0 saturated heterocycles. The second-order valence-electron chi connectivity index (χ2n) is 2.87. The van der Waals surface area contributed by atoms with Gasteiger partial charge in [-0.2, -0.15) is 0 Å². The van der Waals surface area contributed by atoms with E-state index in [1.807, 2.05) is 30.3 Å². The highest BCUT2D eigenvalue weighted by atomic mass is 19.1. The number of amidine groups is 1. The van der Waals surface area contributed by atoms with Crippen LogP contribution in [-0.2, 0) is 6.54 Å². The normalized spacial score (nSPS) is 14.5. The number of guanidine groups is 1. The summed E-state index contributed by atoms with van der Waals surface area (Å²) in [5.41, 5.74) is 1.07. The standard InChI is InChI=1S/C10H8FN4/c11-9-13-7-14-10(15-9)12-6-8-4-2-1-3-5-8/h1-5H,6H2,(H,12,13,15)/q+1. The summed E-state index contributed by atoms with van der Waals surface area (Å²) in [6.45, 7) is 0.540. The van der Waals surface area contributed by atoms with Crippen LogP contribution >= 0.6 is 0 Å². The van der Waals surface area contributed by atoms with Gasteiger partial charge < -0.3 is 0 Å². The van der Waals surface area contributed by atoms with E-state index in [0.29, 0.717) is 6.54 Å². The molecule has 2 rings (SSSR count). The van der Waals surface area contributed by atoms with Crippen molar-refractivity contribution in [3.63, 3.8) is 0 Å². The van der Waals surface area contributed by atoms with E-state index < -0.39 is 6.09 Å². The summed E-state index contributed by atoms with van der Waals surface area (Å²) in [6, 6.07) is 9.69. The number of nitrogens with zero attached hydrogens (tertiary/aromatic N) is 3. The summed E-state index contributed by atoms with van der Waals surface area (Å²) >= 11 is 0. The largest absolute Gasteiger partial charge is 0.426 e. The number of halogens is 1. The maximum atomic E-state index is 12.6. The zero-order chi connectivity index (χ0) is 10.5. The molecule has 1 aliphatic heterocycles. The molecule has 15 heavy (non-hydrogen) atoms. The molecule has 4 nitrogen and oxygen atoms in total. The van der Waals surface area contributed by atoms with Gasteiger partial charge in [-0.1, -0.05) is 40.3 Å². The first-order valence-electron chi connectivity index (χ1n) is 4.40. The molecule has 0 saturated carbocycles. The fourth-order valence-electron chi connectivity index (χ4n) is 1.11. The van der Waals surface area contributed by atoms with Gasteiger partial charge in [0.25, 0.3) is 0 Å². The van der Waals surface area contributed by atoms with Crippen molar-refractivity contribution >= 4 is 18.4 Å². The van der Waals surface area contributed by atoms with Gasteiger partial charge in [-0.25, -0.2) is 0 Å². The molecule has 0 atom stereocenters. The van der Waals surface area contributed by atoms with Gasteiger partial charge in [0.15, 0.2) is 0 Å². The smallest absolute Gasteiger partial charge is 0.288 e. The van der Waals surface area contributed by atoms with E-state index in [4.69, 9.17) is 0 Å². The first-order chi connectivity index (χ1) is 7.34. The summed E-state index contributed by atoms with van der Waals surface area (Å²) in [5.74, 6) is 0.186. The molecular weight excluding hydrogens is 195 g/mol. The van der Waals surface area contributed by atoms with E-state index in [1.54, 1.807) is 0 Å². The lowest BCUT2D eigenvalue weighted by Gasteiger charge is -1.99. The predicted molar refractivity (Wildman–Crippen MR) is 56.4 cm³/mol. The van der Waals surface area contributed by atoms with Crippen molar-refractivity contribution in [3.8, 4) is 0 Å². The molecule has 0 fully saturated rings. The van der Waals surface area contributed by atoms with E-state index in [1.165, 1.54) is 0 Å². The zero-order valence-corrected chi connectivity index (χ0v) is 7.81. The molecule has 0 bridgehead atoms. The highest BCUT2D eigenvalue weighted by molar-refractivity contribution is 5.99. The maximum absolute atomic E-state index is 12.6. The first kappa shape index (κ1) is 9.51. The Balaban J connectivity index is 1.95. The number of aliphatic imine (C=N–C) groups is 3. The van der Waals surface area contributed by atoms with Crippen LogP contribution in [0.15, 0.2) is 40.3 Å². The molecule has 1 N–H and O–H groups in total. The van der Waals surface area contributed by atoms with Gasteiger partial charge in [-0.3, -0.25) is 5.32 Å². The number of hydrogen-bond donors (Lipinski definition) is 1. The molecule has 2 radical (unpaired) electrons. The van der Waals surface area contributed by atoms with Crippen LogP contribution < -0.4 is 10.3 Å². The lowest BCUT2D eigenvalue weighted by molar-refractivity contribution is 0.784. The van der Waals surface area contributed by atoms with Crippen LogP contribution in [0.4, 0.5) is 4.39 Å². The van der Waals surface area contributed by atoms with Crippen LogP contribution in [-0.4, -0.2) is 18.4 Å². The topological polar surface area (TPSA) is 50.9 Å². The highest BCUT2D eigenvalue weighted by Gasteiger charge is 2.14. The molecule has 1 aromatic carbocycles. The fourth-order valence-corrected chi connectivity index (χ4v) is 1.11. The highest BCUT2D eigenvalue weighted by Crippen LogP contribution is 1.97. The Hall–Kier alpha value is -2.04. The Morgan fingerprint density at radius 1 is 1.33 bits per heavy atom. The van der Waals surface area contributed by atoms with Crippen molar-refractivity contribution in [1.82, 2.24) is 10.3 Å². The Kier molecular flexibility index (Phi) is 2.82. The van der Waals surface area contributed by atoms with Gasteiger partial charge in [0.1, 0.15) is 0 Å². The van der Waals surface area contributed by atoms with Crippen LogP contribution in [0.25, 0.3) is 0 Å². The van der Waals surface area contributed by atoms with Crippen molar-refractivity contribution < 1.29 is 4.39 Å². The summed E-state index contributed by atoms with van der Waals surface area (Å²) < 4.78 is 12.6. The molecule has 0 aromatic heterocycles. The Morgan fingerprint density at radius 3 is 2.87 bits per heavy atom.